The summed E-state index contributed by atoms with van der Waals surface area (Å²) in [5.74, 6) is 0.921. The summed E-state index contributed by atoms with van der Waals surface area (Å²) in [5.41, 5.74) is 11.0. The Kier molecular flexibility index (Phi) is 3.18. The highest BCUT2D eigenvalue weighted by molar-refractivity contribution is 6.09. The van der Waals surface area contributed by atoms with Crippen LogP contribution in [0.2, 0.25) is 0 Å². The molecule has 2 heteroatoms. The van der Waals surface area contributed by atoms with Crippen LogP contribution in [0.4, 0.5) is 0 Å². The number of fused-ring (bicyclic) bond motifs is 10. The molecular formula is C31H18NO+. The van der Waals surface area contributed by atoms with Gasteiger partial charge in [-0.15, -0.1) is 0 Å². The van der Waals surface area contributed by atoms with Gasteiger partial charge < -0.3 is 8.98 Å². The Morgan fingerprint density at radius 1 is 0.758 bits per heavy atom. The van der Waals surface area contributed by atoms with Crippen LogP contribution in [-0.4, -0.2) is 4.57 Å². The van der Waals surface area contributed by atoms with Crippen molar-refractivity contribution in [3.05, 3.63) is 113 Å². The van der Waals surface area contributed by atoms with E-state index in [1.165, 1.54) is 49.7 Å². The zero-order valence-corrected chi connectivity index (χ0v) is 17.8. The summed E-state index contributed by atoms with van der Waals surface area (Å²) in [6, 6.07) is 28.7. The molecule has 0 amide bonds. The molecule has 2 nitrogen and oxygen atoms in total. The predicted octanol–water partition coefficient (Wildman–Crippen LogP) is 7.94. The van der Waals surface area contributed by atoms with Gasteiger partial charge in [0.2, 0.25) is 5.76 Å². The fourth-order valence-electron chi connectivity index (χ4n) is 5.71. The van der Waals surface area contributed by atoms with Gasteiger partial charge in [0, 0.05) is 28.1 Å². The van der Waals surface area contributed by atoms with Crippen molar-refractivity contribution in [3.63, 3.8) is 0 Å². The fraction of sp³-hybridized carbons (Fsp3) is 0.0323. The van der Waals surface area contributed by atoms with Gasteiger partial charge in [-0.05, 0) is 53.4 Å². The summed E-state index contributed by atoms with van der Waals surface area (Å²) in [6.45, 7) is 0. The van der Waals surface area contributed by atoms with E-state index >= 15 is 0 Å². The topological polar surface area (TPSA) is 18.1 Å². The molecule has 0 radical (unpaired) electrons. The molecule has 0 N–H and O–H groups in total. The SMILES string of the molecule is [C+]1=Cc2c(oc3c4c(ccc23)Cc2ccc(-n3c5ccccc5c5ccccc53)cc2-4)C=C1. The van der Waals surface area contributed by atoms with Crippen LogP contribution >= 0.6 is 0 Å². The van der Waals surface area contributed by atoms with Crippen LogP contribution in [0.1, 0.15) is 22.5 Å². The number of benzene rings is 4. The maximum Gasteiger partial charge on any atom is 0.247 e. The van der Waals surface area contributed by atoms with Crippen LogP contribution in [0.3, 0.4) is 0 Å². The van der Waals surface area contributed by atoms with E-state index in [0.29, 0.717) is 0 Å². The smallest absolute Gasteiger partial charge is 0.247 e. The number of para-hydroxylation sites is 2. The Bertz CT molecular complexity index is 1790. The van der Waals surface area contributed by atoms with Crippen LogP contribution < -0.4 is 0 Å². The molecule has 0 aliphatic heterocycles. The predicted molar refractivity (Wildman–Crippen MR) is 136 cm³/mol. The highest BCUT2D eigenvalue weighted by Gasteiger charge is 2.28. The molecule has 2 aliphatic carbocycles. The number of rotatable bonds is 1. The van der Waals surface area contributed by atoms with Gasteiger partial charge in [0.1, 0.15) is 17.7 Å². The number of hydrogen-bond acceptors (Lipinski definition) is 1. The molecule has 2 aromatic heterocycles. The standard InChI is InChI=1S/C31H18NO/c1-4-10-27-22(7-1)23-8-2-5-11-28(23)32(27)21-15-13-19-17-20-14-16-25-24-9-3-6-12-29(24)33-31(25)30(20)26(19)18-21/h1-2,4-16,18H,17H2/q+1. The van der Waals surface area contributed by atoms with E-state index in [0.717, 1.165) is 28.7 Å². The van der Waals surface area contributed by atoms with E-state index in [1.807, 2.05) is 18.2 Å². The molecule has 0 saturated heterocycles. The summed E-state index contributed by atoms with van der Waals surface area (Å²) in [4.78, 5) is 0. The van der Waals surface area contributed by atoms with Gasteiger partial charge in [-0.25, -0.2) is 0 Å². The van der Waals surface area contributed by atoms with E-state index in [9.17, 15) is 0 Å². The number of furan rings is 1. The average Bonchev–Trinajstić information content (AvgIpc) is 3.52. The Balaban J connectivity index is 1.43. The lowest BCUT2D eigenvalue weighted by atomic mass is 10.00. The van der Waals surface area contributed by atoms with Crippen LogP contribution in [0.5, 0.6) is 0 Å². The van der Waals surface area contributed by atoms with Gasteiger partial charge in [0.05, 0.1) is 22.5 Å². The molecule has 152 valence electrons. The first-order valence-electron chi connectivity index (χ1n) is 11.3. The van der Waals surface area contributed by atoms with Crippen molar-refractivity contribution in [2.24, 2.45) is 0 Å². The van der Waals surface area contributed by atoms with E-state index in [2.05, 4.69) is 89.5 Å². The van der Waals surface area contributed by atoms with Crippen molar-refractivity contribution in [3.8, 4) is 16.8 Å². The second-order valence-electron chi connectivity index (χ2n) is 8.89. The first-order chi connectivity index (χ1) is 16.4. The summed E-state index contributed by atoms with van der Waals surface area (Å²) in [6.07, 6.45) is 10.1. The number of hydrogen-bond donors (Lipinski definition) is 0. The second-order valence-corrected chi connectivity index (χ2v) is 8.89. The van der Waals surface area contributed by atoms with Gasteiger partial charge in [-0.3, -0.25) is 0 Å². The van der Waals surface area contributed by atoms with Crippen LogP contribution in [-0.2, 0) is 6.42 Å². The van der Waals surface area contributed by atoms with Gasteiger partial charge >= 0.3 is 0 Å². The van der Waals surface area contributed by atoms with E-state index < -0.39 is 0 Å². The first-order valence-corrected chi connectivity index (χ1v) is 11.3. The molecule has 6 aromatic rings. The average molecular weight is 420 g/mol. The summed E-state index contributed by atoms with van der Waals surface area (Å²) >= 11 is 0. The summed E-state index contributed by atoms with van der Waals surface area (Å²) in [5, 5.41) is 3.73. The van der Waals surface area contributed by atoms with Gasteiger partial charge in [-0.1, -0.05) is 48.5 Å². The largest absolute Gasteiger partial charge is 0.430 e. The van der Waals surface area contributed by atoms with Crippen molar-refractivity contribution in [2.45, 2.75) is 6.42 Å². The Hall–Kier alpha value is -4.39. The summed E-state index contributed by atoms with van der Waals surface area (Å²) < 4.78 is 8.78. The van der Waals surface area contributed by atoms with Crippen LogP contribution in [0.25, 0.3) is 61.7 Å². The number of allylic oxidation sites excluding steroid dienone is 2. The molecule has 0 atom stereocenters. The van der Waals surface area contributed by atoms with Crippen LogP contribution in [0.15, 0.2) is 89.4 Å². The van der Waals surface area contributed by atoms with Crippen molar-refractivity contribution < 1.29 is 4.42 Å². The fourth-order valence-corrected chi connectivity index (χ4v) is 5.71. The van der Waals surface area contributed by atoms with Gasteiger partial charge in [0.15, 0.2) is 5.58 Å². The number of aromatic nitrogens is 1. The minimum absolute atomic E-state index is 0.921. The molecule has 8 rings (SSSR count). The zero-order valence-electron chi connectivity index (χ0n) is 17.8. The van der Waals surface area contributed by atoms with E-state index in [-0.39, 0.29) is 0 Å². The lowest BCUT2D eigenvalue weighted by Gasteiger charge is -2.10. The third kappa shape index (κ3) is 2.21. The summed E-state index contributed by atoms with van der Waals surface area (Å²) in [7, 11) is 0. The monoisotopic (exact) mass is 420 g/mol. The third-order valence-electron chi connectivity index (χ3n) is 7.15. The maximum atomic E-state index is 6.40. The van der Waals surface area contributed by atoms with Crippen molar-refractivity contribution in [1.82, 2.24) is 4.57 Å². The normalized spacial score (nSPS) is 13.5. The highest BCUT2D eigenvalue weighted by Crippen LogP contribution is 2.45. The molecule has 0 saturated carbocycles. The maximum absolute atomic E-state index is 6.40. The molecular weight excluding hydrogens is 402 g/mol. The molecule has 2 heterocycles. The number of nitrogens with zero attached hydrogens (tertiary/aromatic N) is 1. The van der Waals surface area contributed by atoms with Crippen molar-refractivity contribution in [1.29, 1.82) is 0 Å². The Labute approximate surface area is 190 Å². The molecule has 0 fully saturated rings. The molecule has 2 aliphatic rings. The molecule has 0 spiro atoms. The third-order valence-corrected chi connectivity index (χ3v) is 7.15. The van der Waals surface area contributed by atoms with Crippen molar-refractivity contribution >= 4 is 44.9 Å². The Morgan fingerprint density at radius 2 is 1.52 bits per heavy atom. The second kappa shape index (κ2) is 6.10. The Morgan fingerprint density at radius 3 is 2.33 bits per heavy atom. The van der Waals surface area contributed by atoms with Gasteiger partial charge in [-0.2, -0.15) is 0 Å². The van der Waals surface area contributed by atoms with Crippen LogP contribution in [0, 0.1) is 6.08 Å². The van der Waals surface area contributed by atoms with Gasteiger partial charge in [0.25, 0.3) is 0 Å². The highest BCUT2D eigenvalue weighted by atomic mass is 16.3. The minimum atomic E-state index is 0.921. The van der Waals surface area contributed by atoms with E-state index in [1.54, 1.807) is 0 Å². The molecule has 33 heavy (non-hydrogen) atoms. The molecule has 0 bridgehead atoms. The quantitative estimate of drug-likeness (QED) is 0.247. The lowest BCUT2D eigenvalue weighted by molar-refractivity contribution is 0.604. The minimum Gasteiger partial charge on any atom is -0.430 e. The van der Waals surface area contributed by atoms with Crippen molar-refractivity contribution in [2.75, 3.05) is 0 Å². The lowest BCUT2D eigenvalue weighted by Crippen LogP contribution is -1.94. The zero-order chi connectivity index (χ0) is 21.5. The molecule has 0 unspecified atom stereocenters. The molecule has 4 aromatic carbocycles. The van der Waals surface area contributed by atoms with E-state index in [4.69, 9.17) is 4.42 Å². The first kappa shape index (κ1) is 17.2.